The van der Waals surface area contributed by atoms with E-state index in [2.05, 4.69) is 169 Å². The van der Waals surface area contributed by atoms with Gasteiger partial charge in [0.1, 0.15) is 5.52 Å². The van der Waals surface area contributed by atoms with E-state index in [1.807, 2.05) is 30.3 Å². The number of benzene rings is 9. The fraction of sp³-hybridized carbons (Fsp3) is 0. The molecule has 0 spiro atoms. The van der Waals surface area contributed by atoms with Gasteiger partial charge in [-0.1, -0.05) is 133 Å². The molecule has 0 aliphatic carbocycles. The number of oxazole rings is 1. The second kappa shape index (κ2) is 12.4. The summed E-state index contributed by atoms with van der Waals surface area (Å²) in [6.07, 6.45) is 0. The van der Waals surface area contributed by atoms with Gasteiger partial charge in [-0.05, 0) is 104 Å². The van der Waals surface area contributed by atoms with Gasteiger partial charge >= 0.3 is 0 Å². The minimum atomic E-state index is 0.620. The average Bonchev–Trinajstić information content (AvgIpc) is 3.66. The summed E-state index contributed by atoms with van der Waals surface area (Å²) in [5.41, 5.74) is 10.5. The van der Waals surface area contributed by atoms with Gasteiger partial charge in [0.2, 0.25) is 5.89 Å². The van der Waals surface area contributed by atoms with Crippen molar-refractivity contribution in [1.82, 2.24) is 4.98 Å². The number of aromatic nitrogens is 1. The summed E-state index contributed by atoms with van der Waals surface area (Å²) in [6, 6.07) is 68.8. The Hall–Kier alpha value is -6.97. The van der Waals surface area contributed by atoms with Crippen LogP contribution in [0.25, 0.3) is 77.1 Å². The third-order valence-corrected chi connectivity index (χ3v) is 10.0. The molecule has 1 heterocycles. The zero-order chi connectivity index (χ0) is 34.4. The molecule has 0 unspecified atom stereocenters. The minimum Gasteiger partial charge on any atom is -0.435 e. The zero-order valence-electron chi connectivity index (χ0n) is 28.3. The first-order valence-corrected chi connectivity index (χ1v) is 17.6. The lowest BCUT2D eigenvalue weighted by Crippen LogP contribution is -2.11. The van der Waals surface area contributed by atoms with Crippen molar-refractivity contribution in [2.24, 2.45) is 0 Å². The van der Waals surface area contributed by atoms with E-state index in [0.29, 0.717) is 5.89 Å². The number of nitrogens with zero attached hydrogens (tertiary/aromatic N) is 2. The molecule has 0 amide bonds. The number of para-hydroxylation sites is 2. The quantitative estimate of drug-likeness (QED) is 0.166. The molecule has 3 heteroatoms. The van der Waals surface area contributed by atoms with Gasteiger partial charge in [-0.3, -0.25) is 0 Å². The van der Waals surface area contributed by atoms with Crippen molar-refractivity contribution in [3.05, 3.63) is 194 Å². The van der Waals surface area contributed by atoms with Crippen LogP contribution in [0.3, 0.4) is 0 Å². The molecule has 52 heavy (non-hydrogen) atoms. The summed E-state index contributed by atoms with van der Waals surface area (Å²) in [5, 5.41) is 6.88. The van der Waals surface area contributed by atoms with Crippen molar-refractivity contribution >= 4 is 60.5 Å². The van der Waals surface area contributed by atoms with E-state index in [-0.39, 0.29) is 0 Å². The lowest BCUT2D eigenvalue weighted by Gasteiger charge is -2.28. The van der Waals surface area contributed by atoms with E-state index >= 15 is 0 Å². The fourth-order valence-corrected chi connectivity index (χ4v) is 7.59. The van der Waals surface area contributed by atoms with E-state index in [9.17, 15) is 0 Å². The van der Waals surface area contributed by atoms with Crippen LogP contribution in [0.5, 0.6) is 0 Å². The average molecular weight is 665 g/mol. The zero-order valence-corrected chi connectivity index (χ0v) is 28.3. The summed E-state index contributed by atoms with van der Waals surface area (Å²) in [5.74, 6) is 0.620. The number of anilines is 3. The Labute approximate surface area is 301 Å². The topological polar surface area (TPSA) is 29.3 Å². The summed E-state index contributed by atoms with van der Waals surface area (Å²) < 4.78 is 6.68. The lowest BCUT2D eigenvalue weighted by molar-refractivity contribution is 0.623. The first-order valence-electron chi connectivity index (χ1n) is 17.6. The molecule has 244 valence electrons. The molecule has 0 radical (unpaired) electrons. The highest BCUT2D eigenvalue weighted by molar-refractivity contribution is 6.22. The molecule has 0 saturated carbocycles. The maximum Gasteiger partial charge on any atom is 0.227 e. The molecular weight excluding hydrogens is 633 g/mol. The first-order chi connectivity index (χ1) is 25.8. The molecule has 0 atom stereocenters. The minimum absolute atomic E-state index is 0.620. The number of hydrogen-bond donors (Lipinski definition) is 0. The second-order valence-corrected chi connectivity index (χ2v) is 13.2. The molecule has 10 rings (SSSR count). The number of fused-ring (bicyclic) bond motifs is 6. The highest BCUT2D eigenvalue weighted by Crippen LogP contribution is 2.45. The molecular formula is C49H32N2O. The van der Waals surface area contributed by atoms with Gasteiger partial charge in [-0.15, -0.1) is 0 Å². The third-order valence-electron chi connectivity index (χ3n) is 10.0. The Morgan fingerprint density at radius 3 is 1.88 bits per heavy atom. The van der Waals surface area contributed by atoms with Crippen LogP contribution in [0.15, 0.2) is 199 Å². The van der Waals surface area contributed by atoms with Crippen molar-refractivity contribution in [2.45, 2.75) is 0 Å². The van der Waals surface area contributed by atoms with E-state index in [0.717, 1.165) is 60.8 Å². The Bertz CT molecular complexity index is 2900. The Morgan fingerprint density at radius 1 is 0.404 bits per heavy atom. The van der Waals surface area contributed by atoms with Crippen LogP contribution in [0.1, 0.15) is 0 Å². The van der Waals surface area contributed by atoms with E-state index in [1.165, 1.54) is 27.5 Å². The van der Waals surface area contributed by atoms with Crippen LogP contribution in [0.4, 0.5) is 17.1 Å². The monoisotopic (exact) mass is 664 g/mol. The highest BCUT2D eigenvalue weighted by Gasteiger charge is 2.21. The maximum absolute atomic E-state index is 6.68. The standard InChI is InChI=1S/C49H32N2O/c1-4-15-34(16-5-1)43-31-38-26-29-45-48(52-49(50-45)35-17-6-2-7-18-35)47(38)44-32-40(27-28-42(43)44)51(39-20-8-3-9-21-39)46-23-13-12-22-41(46)37-25-24-33-14-10-11-19-36(33)30-37/h1-32H. The SMILES string of the molecule is c1ccc(-c2nc3ccc4cc(-c5ccccc5)c5ccc(N(c6ccccc6)c6ccccc6-c6ccc7ccccc7c6)cc5c4c3o2)cc1. The molecule has 9 aromatic carbocycles. The van der Waals surface area contributed by atoms with Crippen molar-refractivity contribution < 1.29 is 4.42 Å². The molecule has 10 aromatic rings. The highest BCUT2D eigenvalue weighted by atomic mass is 16.3. The third kappa shape index (κ3) is 5.10. The molecule has 1 aromatic heterocycles. The van der Waals surface area contributed by atoms with Gasteiger partial charge in [0, 0.05) is 27.9 Å². The fourth-order valence-electron chi connectivity index (χ4n) is 7.59. The van der Waals surface area contributed by atoms with Crippen LogP contribution >= 0.6 is 0 Å². The van der Waals surface area contributed by atoms with Crippen LogP contribution in [-0.4, -0.2) is 4.98 Å². The molecule has 0 fully saturated rings. The number of hydrogen-bond acceptors (Lipinski definition) is 3. The molecule has 0 bridgehead atoms. The van der Waals surface area contributed by atoms with E-state index in [4.69, 9.17) is 9.40 Å². The van der Waals surface area contributed by atoms with Crippen molar-refractivity contribution in [3.8, 4) is 33.7 Å². The van der Waals surface area contributed by atoms with Crippen LogP contribution in [0.2, 0.25) is 0 Å². The predicted octanol–water partition coefficient (Wildman–Crippen LogP) is 13.8. The Kier molecular flexibility index (Phi) is 7.14. The molecule has 0 aliphatic heterocycles. The predicted molar refractivity (Wildman–Crippen MR) is 218 cm³/mol. The van der Waals surface area contributed by atoms with Gasteiger partial charge in [0.15, 0.2) is 5.58 Å². The smallest absolute Gasteiger partial charge is 0.227 e. The Balaban J connectivity index is 1.25. The first kappa shape index (κ1) is 29.9. The number of rotatable bonds is 6. The normalized spacial score (nSPS) is 11.5. The van der Waals surface area contributed by atoms with Crippen molar-refractivity contribution in [3.63, 3.8) is 0 Å². The molecule has 0 N–H and O–H groups in total. The lowest BCUT2D eigenvalue weighted by atomic mass is 9.92. The largest absolute Gasteiger partial charge is 0.435 e. The van der Waals surface area contributed by atoms with Crippen LogP contribution in [-0.2, 0) is 0 Å². The summed E-state index contributed by atoms with van der Waals surface area (Å²) in [6.45, 7) is 0. The van der Waals surface area contributed by atoms with Gasteiger partial charge in [0.25, 0.3) is 0 Å². The van der Waals surface area contributed by atoms with Crippen LogP contribution < -0.4 is 4.90 Å². The van der Waals surface area contributed by atoms with Crippen LogP contribution in [0, 0.1) is 0 Å². The molecule has 0 aliphatic rings. The molecule has 3 nitrogen and oxygen atoms in total. The van der Waals surface area contributed by atoms with E-state index in [1.54, 1.807) is 0 Å². The van der Waals surface area contributed by atoms with Gasteiger partial charge in [-0.25, -0.2) is 4.98 Å². The van der Waals surface area contributed by atoms with Gasteiger partial charge < -0.3 is 9.32 Å². The summed E-state index contributed by atoms with van der Waals surface area (Å²) in [4.78, 5) is 7.34. The van der Waals surface area contributed by atoms with E-state index < -0.39 is 0 Å². The van der Waals surface area contributed by atoms with Crippen molar-refractivity contribution in [2.75, 3.05) is 4.90 Å². The van der Waals surface area contributed by atoms with Gasteiger partial charge in [-0.2, -0.15) is 0 Å². The Morgan fingerprint density at radius 2 is 1.08 bits per heavy atom. The van der Waals surface area contributed by atoms with Crippen molar-refractivity contribution in [1.29, 1.82) is 0 Å². The maximum atomic E-state index is 6.68. The summed E-state index contributed by atoms with van der Waals surface area (Å²) in [7, 11) is 0. The summed E-state index contributed by atoms with van der Waals surface area (Å²) >= 11 is 0. The second-order valence-electron chi connectivity index (χ2n) is 13.2. The van der Waals surface area contributed by atoms with Gasteiger partial charge in [0.05, 0.1) is 5.69 Å². The molecule has 0 saturated heterocycles.